The monoisotopic (exact) mass is 978 g/mol. The van der Waals surface area contributed by atoms with Crippen molar-refractivity contribution in [3.05, 3.63) is 203 Å². The molecule has 5 aliphatic rings. The van der Waals surface area contributed by atoms with E-state index in [0.717, 1.165) is 55.2 Å². The van der Waals surface area contributed by atoms with E-state index in [1.807, 2.05) is 158 Å². The highest BCUT2D eigenvalue weighted by atomic mass is 16.5. The van der Waals surface area contributed by atoms with Gasteiger partial charge in [0, 0.05) is 46.1 Å². The van der Waals surface area contributed by atoms with Crippen LogP contribution in [0.4, 0.5) is 28.4 Å². The van der Waals surface area contributed by atoms with Crippen LogP contribution in [0.5, 0.6) is 5.75 Å². The first-order valence-corrected chi connectivity index (χ1v) is 25.5. The number of anilines is 5. The number of aliphatic hydroxyl groups excluding tert-OH is 1. The van der Waals surface area contributed by atoms with Gasteiger partial charge in [-0.25, -0.2) is 0 Å². The lowest BCUT2D eigenvalue weighted by Gasteiger charge is -2.40. The molecule has 13 rings (SSSR count). The van der Waals surface area contributed by atoms with Crippen LogP contribution in [-0.4, -0.2) is 59.5 Å². The van der Waals surface area contributed by atoms with E-state index in [1.54, 1.807) is 26.7 Å². The van der Waals surface area contributed by atoms with Crippen molar-refractivity contribution in [2.45, 2.75) is 69.9 Å². The number of hydrogen-bond donors (Lipinski definition) is 1. The van der Waals surface area contributed by atoms with E-state index in [1.165, 1.54) is 0 Å². The van der Waals surface area contributed by atoms with Crippen molar-refractivity contribution in [3.8, 4) is 5.75 Å². The number of ether oxygens (including phenoxy) is 2. The van der Waals surface area contributed by atoms with Gasteiger partial charge in [-0.3, -0.25) is 29.0 Å². The van der Waals surface area contributed by atoms with E-state index in [9.17, 15) is 14.7 Å². The van der Waals surface area contributed by atoms with Crippen molar-refractivity contribution >= 4 is 73.6 Å². The van der Waals surface area contributed by atoms with E-state index >= 15 is 9.59 Å². The minimum absolute atomic E-state index is 0.0342. The maximum absolute atomic E-state index is 16.2. The van der Waals surface area contributed by atoms with Gasteiger partial charge in [0.15, 0.2) is 5.60 Å². The Bertz CT molecular complexity index is 3650. The fraction of sp³-hybridized carbons (Fsp3) is 0.238. The normalized spacial score (nSPS) is 21.7. The van der Waals surface area contributed by atoms with Crippen LogP contribution in [0.1, 0.15) is 75.7 Å². The second-order valence-corrected chi connectivity index (χ2v) is 21.1. The summed E-state index contributed by atoms with van der Waals surface area (Å²) in [7, 11) is 1.64. The van der Waals surface area contributed by atoms with Crippen LogP contribution >= 0.6 is 0 Å². The highest BCUT2D eigenvalue weighted by molar-refractivity contribution is 6.29. The van der Waals surface area contributed by atoms with Crippen LogP contribution in [0, 0.1) is 11.8 Å². The Morgan fingerprint density at radius 1 is 0.703 bits per heavy atom. The fourth-order valence-electron chi connectivity index (χ4n) is 13.4. The molecular formula is C63H54N4O7. The van der Waals surface area contributed by atoms with Gasteiger partial charge in [-0.2, -0.15) is 0 Å². The lowest BCUT2D eigenvalue weighted by molar-refractivity contribution is -0.151. The smallest absolute Gasteiger partial charge is 0.264 e. The summed E-state index contributed by atoms with van der Waals surface area (Å²) in [6.45, 7) is 6.73. The van der Waals surface area contributed by atoms with Crippen LogP contribution in [0.2, 0.25) is 0 Å². The predicted molar refractivity (Wildman–Crippen MR) is 286 cm³/mol. The summed E-state index contributed by atoms with van der Waals surface area (Å²) >= 11 is 0. The number of methoxy groups -OCH3 is 1. The first-order valence-electron chi connectivity index (χ1n) is 25.5. The fourth-order valence-corrected chi connectivity index (χ4v) is 13.4. The number of aliphatic hydroxyl groups is 1. The number of hydrogen-bond acceptors (Lipinski definition) is 7. The van der Waals surface area contributed by atoms with E-state index in [4.69, 9.17) is 9.47 Å². The number of carbonyl (C=O) groups is 4. The van der Waals surface area contributed by atoms with Gasteiger partial charge in [0.05, 0.1) is 67.0 Å². The quantitative estimate of drug-likeness (QED) is 0.145. The molecular weight excluding hydrogens is 925 g/mol. The molecule has 8 aromatic rings. The summed E-state index contributed by atoms with van der Waals surface area (Å²) in [5.74, 6) is -0.877. The SMILES string of the molecule is COc1ccc(C(C)(C)[C@@H]2[C@@H](CC(=O)N3Cc4ccccc4C[C@H]3CO)O[C@]3(C(=O)N(Cc4ccc(N5C(=O)c6cccc7cccc5c67)cc4)c4ccc(N5C(=O)c6cccc7cccc5c67)cc43)[C@H]2C)cc1. The number of carbonyl (C=O) groups excluding carboxylic acids is 4. The molecule has 1 spiro atoms. The highest BCUT2D eigenvalue weighted by Crippen LogP contribution is 2.61. The van der Waals surface area contributed by atoms with Gasteiger partial charge >= 0.3 is 0 Å². The molecule has 4 amide bonds. The van der Waals surface area contributed by atoms with Gasteiger partial charge in [-0.1, -0.05) is 118 Å². The molecule has 0 aliphatic carbocycles. The maximum atomic E-state index is 16.2. The number of benzene rings is 8. The molecule has 8 aromatic carbocycles. The molecule has 0 unspecified atom stereocenters. The summed E-state index contributed by atoms with van der Waals surface area (Å²) in [5, 5.41) is 14.5. The van der Waals surface area contributed by atoms with Gasteiger partial charge in [0.25, 0.3) is 17.7 Å². The summed E-state index contributed by atoms with van der Waals surface area (Å²) in [6, 6.07) is 52.6. The Morgan fingerprint density at radius 2 is 1.30 bits per heavy atom. The number of rotatable bonds is 10. The summed E-state index contributed by atoms with van der Waals surface area (Å²) < 4.78 is 13.1. The van der Waals surface area contributed by atoms with Gasteiger partial charge in [-0.05, 0) is 112 Å². The summed E-state index contributed by atoms with van der Waals surface area (Å²) in [6.07, 6.45) is -0.266. The summed E-state index contributed by atoms with van der Waals surface area (Å²) in [4.78, 5) is 66.7. The van der Waals surface area contributed by atoms with Crippen molar-refractivity contribution in [3.63, 3.8) is 0 Å². The van der Waals surface area contributed by atoms with Crippen molar-refractivity contribution in [2.75, 3.05) is 28.4 Å². The van der Waals surface area contributed by atoms with Crippen molar-refractivity contribution in [2.24, 2.45) is 11.8 Å². The minimum atomic E-state index is -1.59. The lowest BCUT2D eigenvalue weighted by atomic mass is 9.63. The van der Waals surface area contributed by atoms with E-state index in [-0.39, 0.29) is 43.2 Å². The largest absolute Gasteiger partial charge is 0.497 e. The van der Waals surface area contributed by atoms with Gasteiger partial charge < -0.3 is 24.4 Å². The highest BCUT2D eigenvalue weighted by Gasteiger charge is 2.66. The van der Waals surface area contributed by atoms with Crippen LogP contribution < -0.4 is 19.4 Å². The molecule has 1 saturated heterocycles. The molecule has 0 saturated carbocycles. The number of amides is 4. The topological polar surface area (TPSA) is 120 Å². The molecule has 0 aromatic heterocycles. The molecule has 11 heteroatoms. The van der Waals surface area contributed by atoms with E-state index < -0.39 is 35.0 Å². The molecule has 11 nitrogen and oxygen atoms in total. The lowest BCUT2D eigenvalue weighted by Crippen LogP contribution is -2.48. The van der Waals surface area contributed by atoms with Crippen molar-refractivity contribution in [1.29, 1.82) is 0 Å². The molecule has 0 radical (unpaired) electrons. The Morgan fingerprint density at radius 3 is 1.92 bits per heavy atom. The Hall–Kier alpha value is -8.12. The first-order chi connectivity index (χ1) is 35.9. The van der Waals surface area contributed by atoms with Crippen molar-refractivity contribution < 1.29 is 33.8 Å². The molecule has 1 N–H and O–H groups in total. The molecule has 368 valence electrons. The average Bonchev–Trinajstić information content (AvgIpc) is 4.08. The molecule has 1 fully saturated rings. The first kappa shape index (κ1) is 45.7. The second kappa shape index (κ2) is 17.0. The zero-order valence-electron chi connectivity index (χ0n) is 41.6. The van der Waals surface area contributed by atoms with Gasteiger partial charge in [0.2, 0.25) is 5.91 Å². The second-order valence-electron chi connectivity index (χ2n) is 21.1. The molecule has 5 atom stereocenters. The maximum Gasteiger partial charge on any atom is 0.264 e. The Balaban J connectivity index is 0.918. The van der Waals surface area contributed by atoms with Crippen LogP contribution in [0.15, 0.2) is 164 Å². The van der Waals surface area contributed by atoms with E-state index in [0.29, 0.717) is 52.5 Å². The van der Waals surface area contributed by atoms with Crippen molar-refractivity contribution in [1.82, 2.24) is 4.90 Å². The number of nitrogens with zero attached hydrogens (tertiary/aromatic N) is 4. The molecule has 5 heterocycles. The van der Waals surface area contributed by atoms with Crippen LogP contribution in [-0.2, 0) is 44.9 Å². The van der Waals surface area contributed by atoms with Crippen LogP contribution in [0.25, 0.3) is 21.5 Å². The third kappa shape index (κ3) is 6.65. The molecule has 0 bridgehead atoms. The van der Waals surface area contributed by atoms with Gasteiger partial charge in [-0.15, -0.1) is 0 Å². The molecule has 74 heavy (non-hydrogen) atoms. The summed E-state index contributed by atoms with van der Waals surface area (Å²) in [5.41, 5.74) is 7.18. The standard InChI is InChI=1S/C63H54N4O7/c1-37-58(62(2,3)43-23-28-47(73-4)29-24-43)54(33-55(69)64-35-42-12-6-5-11-41(42)31-46(64)36-68)74-63(37)50-32-45(67-53-20-10-16-40-14-8-18-49(57(40)53)60(67)71)27-30-51(50)65(61(63)72)34-38-21-25-44(26-22-38)66-52-19-9-15-39-13-7-17-48(56(39)52)59(66)70/h5-30,32,37,46,54,58,68H,31,33-36H2,1-4H3/t37-,46-,54+,58-,63+/m0/s1. The van der Waals surface area contributed by atoms with Crippen LogP contribution in [0.3, 0.4) is 0 Å². The Kier molecular flexibility index (Phi) is 10.5. The van der Waals surface area contributed by atoms with E-state index in [2.05, 4.69) is 26.8 Å². The zero-order chi connectivity index (χ0) is 50.8. The predicted octanol–water partition coefficient (Wildman–Crippen LogP) is 11.3. The molecule has 5 aliphatic heterocycles. The zero-order valence-corrected chi connectivity index (χ0v) is 41.6. The third-order valence-electron chi connectivity index (χ3n) is 17.0. The Labute approximate surface area is 429 Å². The third-order valence-corrected chi connectivity index (χ3v) is 17.0. The average molecular weight is 979 g/mol. The number of fused-ring (bicyclic) bond motifs is 3. The minimum Gasteiger partial charge on any atom is -0.497 e. The van der Waals surface area contributed by atoms with Gasteiger partial charge in [0.1, 0.15) is 5.75 Å².